The maximum atomic E-state index is 13.3. The van der Waals surface area contributed by atoms with Crippen molar-refractivity contribution in [1.82, 2.24) is 0 Å². The molecule has 5 rings (SSSR count). The number of alkyl halides is 20. The van der Waals surface area contributed by atoms with Gasteiger partial charge in [-0.05, 0) is 192 Å². The Labute approximate surface area is 796 Å². The van der Waals surface area contributed by atoms with Gasteiger partial charge in [0.25, 0.3) is 0 Å². The standard InChI is InChI=1S/C18H28F4O6S.2C17H26F4O6S.2C16H24F4O6S/c1-13(2)16(8-5-4-6-9-16)28-15(23)14(3)12-27-11-7-10-17(19,20)18(21,22)29(24,25)26;1-12(2)15(7-4-5-8-15)27-14(22)13(3)11-26-10-6-9-16(18,19)17(20,21)28(23,24)25;1-3-15(8-5-4-6-9-15)27-14(22)13(2)12-26-11-7-10-16(18,19)17(20,21)28(23,24)25;1-12(13(21)26-14(2)7-4-3-5-8-14)11-25-10-6-9-15(17,18)16(19,20)27(22,23)24;1-3-14(7-4-5-8-14)26-13(21)12(2)11-25-10-6-9-15(17,18)16(19,20)27(22,23)24/h13H,3-12H2,1-2H3,(H,24,25,26);12H,3-11H2,1-2H3,(H,23,24,25);2-12H2,1H3,(H,23,24,25);1,3-11H2,2H3,(H,22,23,24);2-11H2,1H3,(H,22,23,24)/p-5. The van der Waals surface area contributed by atoms with E-state index >= 15 is 0 Å². The van der Waals surface area contributed by atoms with Gasteiger partial charge in [-0.15, -0.1) is 0 Å². The van der Waals surface area contributed by atoms with Crippen molar-refractivity contribution in [1.29, 1.82) is 0 Å². The van der Waals surface area contributed by atoms with Crippen molar-refractivity contribution in [2.75, 3.05) is 66.1 Å². The molecule has 30 nitrogen and oxygen atoms in total. The molecule has 0 saturated heterocycles. The zero-order valence-corrected chi connectivity index (χ0v) is 81.9. The van der Waals surface area contributed by atoms with Crippen LogP contribution in [0.3, 0.4) is 0 Å². The van der Waals surface area contributed by atoms with Gasteiger partial charge in [-0.2, -0.15) is 87.8 Å². The van der Waals surface area contributed by atoms with E-state index in [1.54, 1.807) is 0 Å². The Bertz CT molecular complexity index is 4620. The van der Waals surface area contributed by atoms with Crippen LogP contribution in [0.5, 0.6) is 0 Å². The normalized spacial score (nSPS) is 17.9. The van der Waals surface area contributed by atoms with Crippen molar-refractivity contribution in [2.45, 2.75) is 357 Å². The molecule has 5 fully saturated rings. The summed E-state index contributed by atoms with van der Waals surface area (Å²) >= 11 is 0. The molecule has 0 aliphatic heterocycles. The zero-order valence-electron chi connectivity index (χ0n) is 77.9. The SMILES string of the molecule is C=C(COCCCC(F)(F)C(F)(F)S(=O)(=O)[O-])C(=O)OC1(C(C)C)CCCC1.C=C(COCCCC(F)(F)C(F)(F)S(=O)(=O)[O-])C(=O)OC1(C(C)C)CCCCC1.C=C(COCCCC(F)(F)C(F)(F)S(=O)(=O)[O-])C(=O)OC1(C)CCCCC1.C=C(COCCCC(F)(F)C(F)(F)S(=O)(=O)[O-])C(=O)OC1(CC)CCCC1.C=C(COCCCC(F)(F)C(F)(F)S(=O)(=O)[O-])C(=O)OC1(CC)CCCCC1. The van der Waals surface area contributed by atoms with E-state index in [-0.39, 0.29) is 72.7 Å². The second-order valence-corrected chi connectivity index (χ2v) is 42.3. The Morgan fingerprint density at radius 1 is 0.281 bits per heavy atom. The van der Waals surface area contributed by atoms with Crippen LogP contribution in [0.4, 0.5) is 87.8 Å². The van der Waals surface area contributed by atoms with Crippen LogP contribution < -0.4 is 0 Å². The first kappa shape index (κ1) is 131. The molecule has 0 spiro atoms. The third-order valence-electron chi connectivity index (χ3n) is 23.7. The molecule has 0 atom stereocenters. The zero-order chi connectivity index (χ0) is 108. The minimum absolute atomic E-state index is 0.0439. The molecule has 0 aromatic rings. The van der Waals surface area contributed by atoms with E-state index in [1.165, 1.54) is 0 Å². The molecule has 0 unspecified atom stereocenters. The van der Waals surface area contributed by atoms with Crippen LogP contribution >= 0.6 is 0 Å². The van der Waals surface area contributed by atoms with Gasteiger partial charge in [0.15, 0.2) is 50.6 Å². The van der Waals surface area contributed by atoms with Gasteiger partial charge in [0.2, 0.25) is 0 Å². The molecular formula is C84H123F20O30S5-5. The molecule has 55 heteroatoms. The summed E-state index contributed by atoms with van der Waals surface area (Å²) in [5.41, 5.74) is -3.07. The molecule has 5 aliphatic rings. The highest BCUT2D eigenvalue weighted by molar-refractivity contribution is 7.88. The summed E-state index contributed by atoms with van der Waals surface area (Å²) in [6, 6.07) is 0. The molecule has 0 bridgehead atoms. The molecule has 5 saturated carbocycles. The molecule has 0 aromatic carbocycles. The maximum Gasteiger partial charge on any atom is 0.396 e. The van der Waals surface area contributed by atoms with Crippen molar-refractivity contribution >= 4 is 80.4 Å². The van der Waals surface area contributed by atoms with Gasteiger partial charge in [0.05, 0.1) is 60.9 Å². The first-order valence-corrected chi connectivity index (χ1v) is 51.1. The summed E-state index contributed by atoms with van der Waals surface area (Å²) in [6.07, 6.45) is 10.1. The molecule has 5 aliphatic carbocycles. The highest BCUT2D eigenvalue weighted by atomic mass is 32.2. The van der Waals surface area contributed by atoms with Crippen LogP contribution in [-0.4, -0.2) is 245 Å². The van der Waals surface area contributed by atoms with E-state index in [0.29, 0.717) is 12.8 Å². The number of ether oxygens (including phenoxy) is 10. The predicted molar refractivity (Wildman–Crippen MR) is 450 cm³/mol. The number of hydrogen-bond donors (Lipinski definition) is 0. The van der Waals surface area contributed by atoms with Crippen LogP contribution in [0, 0.1) is 11.8 Å². The van der Waals surface area contributed by atoms with Crippen LogP contribution in [-0.2, 0) is 122 Å². The lowest BCUT2D eigenvalue weighted by Crippen LogP contribution is -2.46. The monoisotopic (exact) mass is 2150 g/mol. The van der Waals surface area contributed by atoms with Gasteiger partial charge >= 0.3 is 85.7 Å². The fourth-order valence-electron chi connectivity index (χ4n) is 14.6. The number of rotatable bonds is 54. The average Bonchev–Trinajstić information content (AvgIpc) is 1.39. The molecule has 0 heterocycles. The molecule has 139 heavy (non-hydrogen) atoms. The first-order valence-electron chi connectivity index (χ1n) is 44.1. The van der Waals surface area contributed by atoms with Gasteiger partial charge < -0.3 is 70.1 Å². The van der Waals surface area contributed by atoms with Crippen molar-refractivity contribution in [3.8, 4) is 0 Å². The summed E-state index contributed by atoms with van der Waals surface area (Å²) in [5.74, 6) is -28.3. The molecule has 0 N–H and O–H groups in total. The third-order valence-corrected chi connectivity index (χ3v) is 28.3. The minimum atomic E-state index is -6.50. The number of hydrogen-bond acceptors (Lipinski definition) is 30. The van der Waals surface area contributed by atoms with Crippen molar-refractivity contribution in [3.05, 3.63) is 60.8 Å². The number of halogens is 20. The van der Waals surface area contributed by atoms with Gasteiger partial charge in [0.1, 0.15) is 28.0 Å². The topological polar surface area (TPSA) is 464 Å². The van der Waals surface area contributed by atoms with Crippen LogP contribution in [0.25, 0.3) is 0 Å². The lowest BCUT2D eigenvalue weighted by Gasteiger charge is -2.40. The Kier molecular flexibility index (Phi) is 50.8. The first-order chi connectivity index (χ1) is 63.1. The molecule has 0 amide bonds. The van der Waals surface area contributed by atoms with Crippen LogP contribution in [0.2, 0.25) is 0 Å². The Morgan fingerprint density at radius 3 is 0.633 bits per heavy atom. The number of esters is 5. The van der Waals surface area contributed by atoms with E-state index in [4.69, 9.17) is 47.4 Å². The Balaban J connectivity index is 0.000000869. The fourth-order valence-corrected chi connectivity index (χ4v) is 17.0. The minimum Gasteiger partial charge on any atom is -0.743 e. The summed E-state index contributed by atoms with van der Waals surface area (Å²) in [5, 5.41) is -28.5. The summed E-state index contributed by atoms with van der Waals surface area (Å²) < 4.78 is 469. The van der Waals surface area contributed by atoms with Gasteiger partial charge in [-0.25, -0.2) is 66.1 Å². The summed E-state index contributed by atoms with van der Waals surface area (Å²) in [6.45, 7) is 26.9. The Morgan fingerprint density at radius 2 is 0.446 bits per heavy atom. The average molecular weight is 2150 g/mol. The van der Waals surface area contributed by atoms with Crippen molar-refractivity contribution in [2.24, 2.45) is 11.8 Å². The maximum absolute atomic E-state index is 13.3. The Hall–Kier alpha value is -6.00. The quantitative estimate of drug-likeness (QED) is 0.0136. The third kappa shape index (κ3) is 38.7. The summed E-state index contributed by atoms with van der Waals surface area (Å²) in [7, 11) is -32.5. The van der Waals surface area contributed by atoms with Gasteiger partial charge in [-0.1, -0.05) is 93.7 Å². The smallest absolute Gasteiger partial charge is 0.396 e. The number of carbonyl (C=O) groups excluding carboxylic acids is 5. The van der Waals surface area contributed by atoms with E-state index in [9.17, 15) is 177 Å². The molecular weight excluding hydrogens is 2030 g/mol. The van der Waals surface area contributed by atoms with Crippen molar-refractivity contribution < 1.29 is 224 Å². The highest BCUT2D eigenvalue weighted by Crippen LogP contribution is 2.49. The second-order valence-electron chi connectivity index (χ2n) is 35.2. The molecule has 814 valence electrons. The highest BCUT2D eigenvalue weighted by Gasteiger charge is 2.65. The van der Waals surface area contributed by atoms with E-state index in [0.717, 1.165) is 148 Å². The lowest BCUT2D eigenvalue weighted by atomic mass is 9.77. The lowest BCUT2D eigenvalue weighted by molar-refractivity contribution is -0.167. The van der Waals surface area contributed by atoms with Crippen LogP contribution in [0.1, 0.15) is 273 Å². The van der Waals surface area contributed by atoms with Gasteiger partial charge in [-0.3, -0.25) is 0 Å². The molecule has 0 radical (unpaired) electrons. The second kappa shape index (κ2) is 53.9. The summed E-state index contributed by atoms with van der Waals surface area (Å²) in [4.78, 5) is 60.5. The van der Waals surface area contributed by atoms with Gasteiger partial charge in [0, 0.05) is 65.1 Å². The largest absolute Gasteiger partial charge is 0.743 e. The van der Waals surface area contributed by atoms with E-state index in [2.05, 4.69) is 32.9 Å². The van der Waals surface area contributed by atoms with Crippen LogP contribution in [0.15, 0.2) is 60.8 Å². The van der Waals surface area contributed by atoms with E-state index < -0.39 is 262 Å². The van der Waals surface area contributed by atoms with E-state index in [1.807, 2.05) is 48.5 Å². The molecule has 0 aromatic heterocycles. The van der Waals surface area contributed by atoms with Crippen molar-refractivity contribution in [3.63, 3.8) is 0 Å². The number of carbonyl (C=O) groups is 5. The predicted octanol–water partition coefficient (Wildman–Crippen LogP) is 18.2. The fraction of sp³-hybridized carbons (Fsp3) is 0.821.